The van der Waals surface area contributed by atoms with Gasteiger partial charge in [0.25, 0.3) is 5.91 Å². The summed E-state index contributed by atoms with van der Waals surface area (Å²) in [6.45, 7) is 3.55. The van der Waals surface area contributed by atoms with Crippen LogP contribution in [0.2, 0.25) is 0 Å². The lowest BCUT2D eigenvalue weighted by Crippen LogP contribution is -2.46. The molecule has 1 saturated heterocycles. The third-order valence-corrected chi connectivity index (χ3v) is 3.74. The molecule has 96 valence electrons. The van der Waals surface area contributed by atoms with E-state index in [1.54, 1.807) is 0 Å². The van der Waals surface area contributed by atoms with Crippen LogP contribution in [0, 0.1) is 11.8 Å². The van der Waals surface area contributed by atoms with Crippen LogP contribution in [0.25, 0.3) is 0 Å². The van der Waals surface area contributed by atoms with E-state index in [2.05, 4.69) is 17.2 Å². The summed E-state index contributed by atoms with van der Waals surface area (Å²) in [6, 6.07) is 1.84. The number of ether oxygens (including phenoxy) is 1. The van der Waals surface area contributed by atoms with Gasteiger partial charge >= 0.3 is 0 Å². The molecule has 0 saturated carbocycles. The van der Waals surface area contributed by atoms with Crippen LogP contribution in [0.1, 0.15) is 28.6 Å². The first kappa shape index (κ1) is 13.1. The van der Waals surface area contributed by atoms with E-state index in [0.717, 1.165) is 12.0 Å². The number of rotatable bonds is 2. The number of hydrogen-bond donors (Lipinski definition) is 2. The van der Waals surface area contributed by atoms with Crippen molar-refractivity contribution in [2.24, 2.45) is 5.73 Å². The first-order valence-corrected chi connectivity index (χ1v) is 6.69. The minimum absolute atomic E-state index is 0.0840. The molecule has 1 amide bonds. The molecule has 0 aromatic carbocycles. The van der Waals surface area contributed by atoms with Crippen LogP contribution >= 0.6 is 11.3 Å². The van der Waals surface area contributed by atoms with E-state index >= 15 is 0 Å². The van der Waals surface area contributed by atoms with E-state index < -0.39 is 0 Å². The van der Waals surface area contributed by atoms with Gasteiger partial charge in [-0.05, 0) is 24.8 Å². The Bertz CT molecular complexity index is 493. The molecule has 2 rings (SSSR count). The van der Waals surface area contributed by atoms with Gasteiger partial charge in [-0.3, -0.25) is 4.79 Å². The zero-order chi connectivity index (χ0) is 13.0. The van der Waals surface area contributed by atoms with Gasteiger partial charge in [-0.25, -0.2) is 0 Å². The minimum atomic E-state index is -0.264. The zero-order valence-electron chi connectivity index (χ0n) is 10.3. The highest BCUT2D eigenvalue weighted by atomic mass is 32.1. The van der Waals surface area contributed by atoms with E-state index in [1.807, 2.05) is 18.4 Å². The Morgan fingerprint density at radius 1 is 1.72 bits per heavy atom. The lowest BCUT2D eigenvalue weighted by atomic mass is 10.0. The summed E-state index contributed by atoms with van der Waals surface area (Å²) in [4.78, 5) is 12.8. The molecule has 1 aromatic heterocycles. The second-order valence-electron chi connectivity index (χ2n) is 4.49. The molecule has 0 bridgehead atoms. The molecule has 2 heterocycles. The van der Waals surface area contributed by atoms with Crippen molar-refractivity contribution in [2.75, 3.05) is 19.8 Å². The second-order valence-corrected chi connectivity index (χ2v) is 5.40. The van der Waals surface area contributed by atoms with Crippen molar-refractivity contribution in [2.45, 2.75) is 18.9 Å². The van der Waals surface area contributed by atoms with Gasteiger partial charge in [-0.1, -0.05) is 11.8 Å². The first-order valence-electron chi connectivity index (χ1n) is 5.81. The molecular weight excluding hydrogens is 248 g/mol. The SMILES string of the molecule is CC1(NC(=O)c2sccc2C#CCN)CCOC1. The number of carbonyl (C=O) groups is 1. The van der Waals surface area contributed by atoms with Crippen molar-refractivity contribution in [3.8, 4) is 11.8 Å². The molecule has 5 heteroatoms. The molecule has 1 aliphatic heterocycles. The molecule has 1 unspecified atom stereocenters. The number of thiophene rings is 1. The first-order chi connectivity index (χ1) is 8.64. The van der Waals surface area contributed by atoms with Gasteiger partial charge in [0, 0.05) is 12.2 Å². The smallest absolute Gasteiger partial charge is 0.263 e. The van der Waals surface area contributed by atoms with Gasteiger partial charge in [-0.15, -0.1) is 11.3 Å². The topological polar surface area (TPSA) is 64.4 Å². The summed E-state index contributed by atoms with van der Waals surface area (Å²) in [5.41, 5.74) is 5.81. The molecule has 1 atom stereocenters. The number of amides is 1. The fraction of sp³-hybridized carbons (Fsp3) is 0.462. The Morgan fingerprint density at radius 3 is 3.22 bits per heavy atom. The molecule has 4 nitrogen and oxygen atoms in total. The van der Waals surface area contributed by atoms with Crippen molar-refractivity contribution in [1.29, 1.82) is 0 Å². The minimum Gasteiger partial charge on any atom is -0.379 e. The zero-order valence-corrected chi connectivity index (χ0v) is 11.1. The largest absolute Gasteiger partial charge is 0.379 e. The quantitative estimate of drug-likeness (QED) is 0.782. The van der Waals surface area contributed by atoms with Crippen molar-refractivity contribution in [3.05, 3.63) is 21.9 Å². The monoisotopic (exact) mass is 264 g/mol. The normalized spacial score (nSPS) is 22.3. The van der Waals surface area contributed by atoms with Crippen LogP contribution in [-0.4, -0.2) is 31.2 Å². The third-order valence-electron chi connectivity index (χ3n) is 2.83. The highest BCUT2D eigenvalue weighted by molar-refractivity contribution is 7.12. The van der Waals surface area contributed by atoms with Gasteiger partial charge in [0.05, 0.1) is 18.7 Å². The average Bonchev–Trinajstić information content (AvgIpc) is 2.95. The third kappa shape index (κ3) is 2.91. The fourth-order valence-corrected chi connectivity index (χ4v) is 2.57. The molecule has 0 spiro atoms. The van der Waals surface area contributed by atoms with Crippen LogP contribution in [0.5, 0.6) is 0 Å². The molecule has 0 aliphatic carbocycles. The Balaban J connectivity index is 2.11. The summed E-state index contributed by atoms with van der Waals surface area (Å²) in [7, 11) is 0. The van der Waals surface area contributed by atoms with Gasteiger partial charge in [0.2, 0.25) is 0 Å². The van der Waals surface area contributed by atoms with Gasteiger partial charge in [-0.2, -0.15) is 0 Å². The van der Waals surface area contributed by atoms with E-state index in [1.165, 1.54) is 11.3 Å². The summed E-state index contributed by atoms with van der Waals surface area (Å²) in [5, 5.41) is 4.89. The van der Waals surface area contributed by atoms with Crippen molar-refractivity contribution in [3.63, 3.8) is 0 Å². The summed E-state index contributed by atoms with van der Waals surface area (Å²) >= 11 is 1.39. The standard InChI is InChI=1S/C13H16N2O2S/c1-13(5-7-17-9-13)15-12(16)11-10(3-2-6-14)4-8-18-11/h4,8H,5-7,9,14H2,1H3,(H,15,16). The molecule has 0 radical (unpaired) electrons. The van der Waals surface area contributed by atoms with E-state index in [0.29, 0.717) is 24.6 Å². The van der Waals surface area contributed by atoms with E-state index in [9.17, 15) is 4.79 Å². The summed E-state index contributed by atoms with van der Waals surface area (Å²) in [6.07, 6.45) is 0.841. The van der Waals surface area contributed by atoms with E-state index in [-0.39, 0.29) is 11.4 Å². The van der Waals surface area contributed by atoms with Crippen molar-refractivity contribution >= 4 is 17.2 Å². The Hall–Kier alpha value is -1.35. The molecular formula is C13H16N2O2S. The number of hydrogen-bond acceptors (Lipinski definition) is 4. The maximum absolute atomic E-state index is 12.2. The number of nitrogens with two attached hydrogens (primary N) is 1. The predicted molar refractivity (Wildman–Crippen MR) is 71.6 cm³/mol. The summed E-state index contributed by atoms with van der Waals surface area (Å²) in [5.74, 6) is 5.60. The van der Waals surface area contributed by atoms with Crippen molar-refractivity contribution < 1.29 is 9.53 Å². The molecule has 1 aliphatic rings. The maximum atomic E-state index is 12.2. The van der Waals surface area contributed by atoms with Gasteiger partial charge in [0.15, 0.2) is 0 Å². The Kier molecular flexibility index (Phi) is 4.02. The maximum Gasteiger partial charge on any atom is 0.263 e. The molecule has 1 fully saturated rings. The number of carbonyl (C=O) groups excluding carboxylic acids is 1. The van der Waals surface area contributed by atoms with Crippen molar-refractivity contribution in [1.82, 2.24) is 5.32 Å². The van der Waals surface area contributed by atoms with Crippen LogP contribution < -0.4 is 11.1 Å². The molecule has 3 N–H and O–H groups in total. The fourth-order valence-electron chi connectivity index (χ4n) is 1.83. The number of nitrogens with one attached hydrogen (secondary N) is 1. The lowest BCUT2D eigenvalue weighted by molar-refractivity contribution is 0.0894. The summed E-state index contributed by atoms with van der Waals surface area (Å²) < 4.78 is 5.32. The van der Waals surface area contributed by atoms with Gasteiger partial charge < -0.3 is 15.8 Å². The second kappa shape index (κ2) is 5.53. The van der Waals surface area contributed by atoms with Crippen LogP contribution in [0.15, 0.2) is 11.4 Å². The average molecular weight is 264 g/mol. The van der Waals surface area contributed by atoms with Crippen LogP contribution in [-0.2, 0) is 4.74 Å². The molecule has 1 aromatic rings. The lowest BCUT2D eigenvalue weighted by Gasteiger charge is -2.23. The highest BCUT2D eigenvalue weighted by Gasteiger charge is 2.32. The predicted octanol–water partition coefficient (Wildman–Crippen LogP) is 0.967. The van der Waals surface area contributed by atoms with Crippen LogP contribution in [0.4, 0.5) is 0 Å². The Labute approximate surface area is 111 Å². The van der Waals surface area contributed by atoms with Crippen LogP contribution in [0.3, 0.4) is 0 Å². The highest BCUT2D eigenvalue weighted by Crippen LogP contribution is 2.21. The Morgan fingerprint density at radius 2 is 2.56 bits per heavy atom. The molecule has 18 heavy (non-hydrogen) atoms. The van der Waals surface area contributed by atoms with Gasteiger partial charge in [0.1, 0.15) is 4.88 Å². The van der Waals surface area contributed by atoms with E-state index in [4.69, 9.17) is 10.5 Å².